The minimum absolute atomic E-state index is 0.286. The monoisotopic (exact) mass is 346 g/mol. The van der Waals surface area contributed by atoms with Crippen LogP contribution in [0.1, 0.15) is 21.9 Å². The molecule has 0 heterocycles. The van der Waals surface area contributed by atoms with Crippen molar-refractivity contribution >= 4 is 9.84 Å². The standard InChI is InChI=1S/C22H18O2S/c1-18-12-15-21(16-13-18)25(23,24)22(20-10-6-3-7-11-20)17-14-19-8-4-2-5-9-19/h2-13,15-16,22H,1H3. The van der Waals surface area contributed by atoms with E-state index in [0.29, 0.717) is 5.56 Å². The number of hydrogen-bond acceptors (Lipinski definition) is 2. The SMILES string of the molecule is Cc1ccc(S(=O)(=O)C(C#Cc2ccccc2)c2ccccc2)cc1. The van der Waals surface area contributed by atoms with E-state index in [-0.39, 0.29) is 4.90 Å². The van der Waals surface area contributed by atoms with Crippen LogP contribution >= 0.6 is 0 Å². The van der Waals surface area contributed by atoms with Crippen molar-refractivity contribution in [3.05, 3.63) is 102 Å². The molecule has 0 spiro atoms. The maximum absolute atomic E-state index is 13.2. The molecule has 2 nitrogen and oxygen atoms in total. The highest BCUT2D eigenvalue weighted by Crippen LogP contribution is 2.28. The molecule has 3 aromatic carbocycles. The molecule has 3 rings (SSSR count). The smallest absolute Gasteiger partial charge is 0.196 e. The molecule has 0 saturated heterocycles. The lowest BCUT2D eigenvalue weighted by Crippen LogP contribution is -2.12. The van der Waals surface area contributed by atoms with Crippen molar-refractivity contribution in [1.82, 2.24) is 0 Å². The summed E-state index contributed by atoms with van der Waals surface area (Å²) in [4.78, 5) is 0.286. The summed E-state index contributed by atoms with van der Waals surface area (Å²) in [5, 5.41) is -0.906. The Morgan fingerprint density at radius 1 is 0.760 bits per heavy atom. The van der Waals surface area contributed by atoms with Gasteiger partial charge in [-0.3, -0.25) is 0 Å². The molecule has 0 aliphatic carbocycles. The van der Waals surface area contributed by atoms with E-state index in [0.717, 1.165) is 11.1 Å². The van der Waals surface area contributed by atoms with Gasteiger partial charge in [-0.05, 0) is 36.8 Å². The van der Waals surface area contributed by atoms with E-state index in [1.165, 1.54) is 0 Å². The molecule has 0 aliphatic rings. The second-order valence-corrected chi connectivity index (χ2v) is 7.82. The van der Waals surface area contributed by atoms with E-state index in [1.54, 1.807) is 36.4 Å². The molecule has 0 amide bonds. The van der Waals surface area contributed by atoms with Crippen LogP contribution in [0, 0.1) is 18.8 Å². The zero-order valence-electron chi connectivity index (χ0n) is 13.9. The summed E-state index contributed by atoms with van der Waals surface area (Å²) in [6.07, 6.45) is 0. The van der Waals surface area contributed by atoms with E-state index in [1.807, 2.05) is 55.5 Å². The van der Waals surface area contributed by atoms with Gasteiger partial charge in [-0.25, -0.2) is 8.42 Å². The van der Waals surface area contributed by atoms with Crippen molar-refractivity contribution in [3.63, 3.8) is 0 Å². The highest BCUT2D eigenvalue weighted by molar-refractivity contribution is 7.92. The molecule has 0 saturated carbocycles. The Morgan fingerprint density at radius 2 is 1.32 bits per heavy atom. The second-order valence-electron chi connectivity index (χ2n) is 5.78. The van der Waals surface area contributed by atoms with Crippen LogP contribution in [0.4, 0.5) is 0 Å². The largest absolute Gasteiger partial charge is 0.222 e. The number of sulfone groups is 1. The lowest BCUT2D eigenvalue weighted by molar-refractivity contribution is 0.591. The molecular formula is C22H18O2S. The maximum Gasteiger partial charge on any atom is 0.196 e. The molecule has 1 unspecified atom stereocenters. The number of aryl methyl sites for hydroxylation is 1. The first-order chi connectivity index (χ1) is 12.1. The maximum atomic E-state index is 13.2. The summed E-state index contributed by atoms with van der Waals surface area (Å²) < 4.78 is 26.3. The second kappa shape index (κ2) is 7.38. The molecular weight excluding hydrogens is 328 g/mol. The molecule has 3 heteroatoms. The van der Waals surface area contributed by atoms with Crippen molar-refractivity contribution < 1.29 is 8.42 Å². The molecule has 0 fully saturated rings. The molecule has 1 atom stereocenters. The highest BCUT2D eigenvalue weighted by Gasteiger charge is 2.27. The first kappa shape index (κ1) is 17.0. The summed E-state index contributed by atoms with van der Waals surface area (Å²) in [6.45, 7) is 1.93. The van der Waals surface area contributed by atoms with Crippen LogP contribution < -0.4 is 0 Å². The summed E-state index contributed by atoms with van der Waals surface area (Å²) in [5.41, 5.74) is 2.49. The predicted molar refractivity (Wildman–Crippen MR) is 101 cm³/mol. The van der Waals surface area contributed by atoms with Gasteiger partial charge in [0.15, 0.2) is 15.1 Å². The van der Waals surface area contributed by atoms with Gasteiger partial charge in [-0.2, -0.15) is 0 Å². The lowest BCUT2D eigenvalue weighted by atomic mass is 10.1. The van der Waals surface area contributed by atoms with E-state index >= 15 is 0 Å². The van der Waals surface area contributed by atoms with E-state index < -0.39 is 15.1 Å². The van der Waals surface area contributed by atoms with Crippen molar-refractivity contribution in [2.75, 3.05) is 0 Å². The number of hydrogen-bond donors (Lipinski definition) is 0. The highest BCUT2D eigenvalue weighted by atomic mass is 32.2. The Kier molecular flexibility index (Phi) is 5.02. The molecule has 124 valence electrons. The third kappa shape index (κ3) is 3.99. The molecule has 25 heavy (non-hydrogen) atoms. The van der Waals surface area contributed by atoms with E-state index in [9.17, 15) is 8.42 Å². The van der Waals surface area contributed by atoms with Crippen LogP contribution in [-0.4, -0.2) is 8.42 Å². The molecule has 0 N–H and O–H groups in total. The van der Waals surface area contributed by atoms with Crippen LogP contribution in [-0.2, 0) is 9.84 Å². The van der Waals surface area contributed by atoms with Crippen molar-refractivity contribution in [2.45, 2.75) is 17.1 Å². The van der Waals surface area contributed by atoms with Crippen LogP contribution in [0.2, 0.25) is 0 Å². The molecule has 0 bridgehead atoms. The van der Waals surface area contributed by atoms with Crippen LogP contribution in [0.5, 0.6) is 0 Å². The molecule has 3 aromatic rings. The molecule has 0 aromatic heterocycles. The third-order valence-electron chi connectivity index (χ3n) is 3.88. The van der Waals surface area contributed by atoms with Gasteiger partial charge in [0.25, 0.3) is 0 Å². The van der Waals surface area contributed by atoms with Gasteiger partial charge in [0.1, 0.15) is 0 Å². The normalized spacial score (nSPS) is 12.0. The average molecular weight is 346 g/mol. The zero-order valence-corrected chi connectivity index (χ0v) is 14.7. The Labute approximate surface area is 149 Å². The Hall–Kier alpha value is -2.83. The summed E-state index contributed by atoms with van der Waals surface area (Å²) in [6, 6.07) is 25.4. The van der Waals surface area contributed by atoms with Gasteiger partial charge in [-0.1, -0.05) is 78.1 Å². The fraction of sp³-hybridized carbons (Fsp3) is 0.0909. The Bertz CT molecular complexity index is 994. The lowest BCUT2D eigenvalue weighted by Gasteiger charge is -2.13. The van der Waals surface area contributed by atoms with E-state index in [2.05, 4.69) is 11.8 Å². The number of benzene rings is 3. The summed E-state index contributed by atoms with van der Waals surface area (Å²) >= 11 is 0. The number of rotatable bonds is 3. The molecule has 0 aliphatic heterocycles. The zero-order chi connectivity index (χ0) is 17.7. The van der Waals surface area contributed by atoms with Crippen molar-refractivity contribution in [3.8, 4) is 11.8 Å². The van der Waals surface area contributed by atoms with Crippen molar-refractivity contribution in [2.24, 2.45) is 0 Å². The predicted octanol–water partition coefficient (Wildman–Crippen LogP) is 4.56. The minimum atomic E-state index is -3.61. The van der Waals surface area contributed by atoms with Crippen LogP contribution in [0.25, 0.3) is 0 Å². The van der Waals surface area contributed by atoms with Gasteiger partial charge in [0.2, 0.25) is 0 Å². The van der Waals surface area contributed by atoms with Gasteiger partial charge in [0.05, 0.1) is 4.90 Å². The molecule has 0 radical (unpaired) electrons. The van der Waals surface area contributed by atoms with Gasteiger partial charge >= 0.3 is 0 Å². The van der Waals surface area contributed by atoms with Gasteiger partial charge in [0, 0.05) is 5.56 Å². The topological polar surface area (TPSA) is 34.1 Å². The average Bonchev–Trinajstić information content (AvgIpc) is 2.64. The fourth-order valence-corrected chi connectivity index (χ4v) is 4.02. The Balaban J connectivity index is 2.08. The third-order valence-corrected chi connectivity index (χ3v) is 5.82. The summed E-state index contributed by atoms with van der Waals surface area (Å²) in [7, 11) is -3.61. The summed E-state index contributed by atoms with van der Waals surface area (Å²) in [5.74, 6) is 5.97. The first-order valence-electron chi connectivity index (χ1n) is 7.99. The quantitative estimate of drug-likeness (QED) is 0.652. The van der Waals surface area contributed by atoms with Crippen molar-refractivity contribution in [1.29, 1.82) is 0 Å². The van der Waals surface area contributed by atoms with Gasteiger partial charge in [-0.15, -0.1) is 0 Å². The van der Waals surface area contributed by atoms with Crippen LogP contribution in [0.15, 0.2) is 89.8 Å². The fourth-order valence-electron chi connectivity index (χ4n) is 2.50. The first-order valence-corrected chi connectivity index (χ1v) is 9.54. The van der Waals surface area contributed by atoms with Crippen LogP contribution in [0.3, 0.4) is 0 Å². The van der Waals surface area contributed by atoms with E-state index in [4.69, 9.17) is 0 Å². The minimum Gasteiger partial charge on any atom is -0.222 e. The Morgan fingerprint density at radius 3 is 1.92 bits per heavy atom. The van der Waals surface area contributed by atoms with Gasteiger partial charge < -0.3 is 0 Å².